The maximum atomic E-state index is 12.5. The molecule has 0 aliphatic rings. The summed E-state index contributed by atoms with van der Waals surface area (Å²) < 4.78 is 8.87. The highest BCUT2D eigenvalue weighted by atomic mass is 16.5. The van der Waals surface area contributed by atoms with Crippen LogP contribution in [-0.4, -0.2) is 32.3 Å². The first-order valence-electron chi connectivity index (χ1n) is 8.15. The number of imidazole rings is 1. The molecule has 134 valence electrons. The Balaban J connectivity index is 1.85. The van der Waals surface area contributed by atoms with Crippen molar-refractivity contribution in [2.75, 3.05) is 7.11 Å². The normalized spacial score (nSPS) is 12.3. The topological polar surface area (TPSA) is 74.0 Å². The Morgan fingerprint density at radius 3 is 2.85 bits per heavy atom. The summed E-state index contributed by atoms with van der Waals surface area (Å²) in [6.07, 6.45) is 10.3. The molecule has 3 aromatic rings. The van der Waals surface area contributed by atoms with Gasteiger partial charge in [-0.2, -0.15) is 5.10 Å². The Morgan fingerprint density at radius 1 is 1.35 bits per heavy atom. The zero-order valence-electron chi connectivity index (χ0n) is 15.0. The average molecular weight is 351 g/mol. The second kappa shape index (κ2) is 7.69. The van der Waals surface area contributed by atoms with Crippen molar-refractivity contribution in [3.8, 4) is 5.75 Å². The van der Waals surface area contributed by atoms with Gasteiger partial charge in [-0.25, -0.2) is 4.98 Å². The van der Waals surface area contributed by atoms with Gasteiger partial charge in [0, 0.05) is 44.3 Å². The molecule has 2 heterocycles. The van der Waals surface area contributed by atoms with E-state index in [2.05, 4.69) is 15.4 Å². The minimum atomic E-state index is -0.392. The van der Waals surface area contributed by atoms with Gasteiger partial charge in [0.25, 0.3) is 0 Å². The highest BCUT2D eigenvalue weighted by molar-refractivity contribution is 5.92. The van der Waals surface area contributed by atoms with Crippen molar-refractivity contribution in [3.63, 3.8) is 0 Å². The summed E-state index contributed by atoms with van der Waals surface area (Å²) >= 11 is 0. The lowest BCUT2D eigenvalue weighted by Crippen LogP contribution is -2.29. The molecule has 0 saturated heterocycles. The number of hydrogen-bond donors (Lipinski definition) is 1. The van der Waals surface area contributed by atoms with Gasteiger partial charge in [-0.3, -0.25) is 9.48 Å². The highest BCUT2D eigenvalue weighted by Crippen LogP contribution is 2.24. The van der Waals surface area contributed by atoms with E-state index in [0.29, 0.717) is 0 Å². The average Bonchev–Trinajstić information content (AvgIpc) is 3.26. The SMILES string of the molecule is COc1cccc(C(NC(=O)C=Cc2cnn(C)c2)c2nccn2C)c1. The summed E-state index contributed by atoms with van der Waals surface area (Å²) in [5, 5.41) is 7.09. The van der Waals surface area contributed by atoms with Crippen LogP contribution in [0.15, 0.2) is 55.1 Å². The quantitative estimate of drug-likeness (QED) is 0.690. The van der Waals surface area contributed by atoms with E-state index in [9.17, 15) is 4.79 Å². The fraction of sp³-hybridized carbons (Fsp3) is 0.211. The van der Waals surface area contributed by atoms with Crippen molar-refractivity contribution in [3.05, 3.63) is 72.1 Å². The minimum absolute atomic E-state index is 0.218. The molecule has 3 rings (SSSR count). The molecule has 7 nitrogen and oxygen atoms in total. The van der Waals surface area contributed by atoms with Crippen molar-refractivity contribution in [2.45, 2.75) is 6.04 Å². The fourth-order valence-electron chi connectivity index (χ4n) is 2.66. The lowest BCUT2D eigenvalue weighted by atomic mass is 10.1. The van der Waals surface area contributed by atoms with E-state index in [1.165, 1.54) is 6.08 Å². The Hall–Kier alpha value is -3.35. The van der Waals surface area contributed by atoms with Crippen LogP contribution in [-0.2, 0) is 18.9 Å². The number of nitrogens with one attached hydrogen (secondary N) is 1. The third kappa shape index (κ3) is 4.00. The van der Waals surface area contributed by atoms with Crippen molar-refractivity contribution < 1.29 is 9.53 Å². The molecule has 0 saturated carbocycles. The van der Waals surface area contributed by atoms with E-state index in [-0.39, 0.29) is 5.91 Å². The number of aryl methyl sites for hydroxylation is 2. The number of methoxy groups -OCH3 is 1. The number of amides is 1. The lowest BCUT2D eigenvalue weighted by Gasteiger charge is -2.19. The van der Waals surface area contributed by atoms with E-state index < -0.39 is 6.04 Å². The van der Waals surface area contributed by atoms with Crippen molar-refractivity contribution in [2.24, 2.45) is 14.1 Å². The molecule has 0 aliphatic heterocycles. The molecule has 1 N–H and O–H groups in total. The fourth-order valence-corrected chi connectivity index (χ4v) is 2.66. The molecule has 2 aromatic heterocycles. The Morgan fingerprint density at radius 2 is 2.19 bits per heavy atom. The van der Waals surface area contributed by atoms with E-state index in [4.69, 9.17) is 4.74 Å². The van der Waals surface area contributed by atoms with Crippen LogP contribution >= 0.6 is 0 Å². The predicted octanol–water partition coefficient (Wildman–Crippen LogP) is 2.08. The number of carbonyl (C=O) groups excluding carboxylic acids is 1. The van der Waals surface area contributed by atoms with Gasteiger partial charge in [0.2, 0.25) is 5.91 Å². The summed E-state index contributed by atoms with van der Waals surface area (Å²) in [7, 11) is 5.34. The van der Waals surface area contributed by atoms with Gasteiger partial charge in [-0.05, 0) is 23.8 Å². The van der Waals surface area contributed by atoms with Crippen LogP contribution in [0.25, 0.3) is 6.08 Å². The predicted molar refractivity (Wildman–Crippen MR) is 98.4 cm³/mol. The van der Waals surface area contributed by atoms with Crippen molar-refractivity contribution in [1.82, 2.24) is 24.6 Å². The zero-order valence-corrected chi connectivity index (χ0v) is 15.0. The van der Waals surface area contributed by atoms with Crippen LogP contribution in [0.4, 0.5) is 0 Å². The smallest absolute Gasteiger partial charge is 0.244 e. The van der Waals surface area contributed by atoms with E-state index in [1.807, 2.05) is 55.3 Å². The zero-order chi connectivity index (χ0) is 18.5. The number of nitrogens with zero attached hydrogens (tertiary/aromatic N) is 4. The van der Waals surface area contributed by atoms with E-state index >= 15 is 0 Å². The number of hydrogen-bond acceptors (Lipinski definition) is 4. The number of carbonyl (C=O) groups is 1. The molecule has 1 amide bonds. The Labute approximate surface area is 151 Å². The standard InChI is InChI=1S/C19H21N5O2/c1-23-10-9-20-19(23)18(15-5-4-6-16(11-15)26-3)22-17(25)8-7-14-12-21-24(2)13-14/h4-13,18H,1-3H3,(H,22,25). The third-order valence-electron chi connectivity index (χ3n) is 3.98. The molecule has 0 fully saturated rings. The van der Waals surface area contributed by atoms with Crippen LogP contribution in [0.2, 0.25) is 0 Å². The molecule has 1 unspecified atom stereocenters. The molecule has 0 bridgehead atoms. The Bertz CT molecular complexity index is 925. The molecule has 1 aromatic carbocycles. The van der Waals surface area contributed by atoms with Gasteiger partial charge in [-0.15, -0.1) is 0 Å². The molecule has 0 spiro atoms. The van der Waals surface area contributed by atoms with E-state index in [1.54, 1.807) is 30.3 Å². The van der Waals surface area contributed by atoms with E-state index in [0.717, 1.165) is 22.7 Å². The van der Waals surface area contributed by atoms with Gasteiger partial charge >= 0.3 is 0 Å². The van der Waals surface area contributed by atoms with Gasteiger partial charge in [0.05, 0.1) is 13.3 Å². The van der Waals surface area contributed by atoms with Crippen LogP contribution < -0.4 is 10.1 Å². The highest BCUT2D eigenvalue weighted by Gasteiger charge is 2.20. The second-order valence-corrected chi connectivity index (χ2v) is 5.90. The maximum absolute atomic E-state index is 12.5. The molecule has 26 heavy (non-hydrogen) atoms. The van der Waals surface area contributed by atoms with Crippen molar-refractivity contribution in [1.29, 1.82) is 0 Å². The minimum Gasteiger partial charge on any atom is -0.497 e. The summed E-state index contributed by atoms with van der Waals surface area (Å²) in [5.74, 6) is 1.24. The molecule has 1 atom stereocenters. The summed E-state index contributed by atoms with van der Waals surface area (Å²) in [4.78, 5) is 16.9. The number of rotatable bonds is 6. The van der Waals surface area contributed by atoms with Crippen LogP contribution in [0.3, 0.4) is 0 Å². The van der Waals surface area contributed by atoms with Crippen LogP contribution in [0.5, 0.6) is 5.75 Å². The molecular weight excluding hydrogens is 330 g/mol. The first-order valence-corrected chi connectivity index (χ1v) is 8.15. The monoisotopic (exact) mass is 351 g/mol. The summed E-state index contributed by atoms with van der Waals surface area (Å²) in [5.41, 5.74) is 1.75. The first kappa shape index (κ1) is 17.5. The van der Waals surface area contributed by atoms with Crippen LogP contribution in [0.1, 0.15) is 23.0 Å². The van der Waals surface area contributed by atoms with Gasteiger partial charge in [-0.1, -0.05) is 12.1 Å². The molecular formula is C19H21N5O2. The second-order valence-electron chi connectivity index (χ2n) is 5.90. The molecule has 0 radical (unpaired) electrons. The first-order chi connectivity index (χ1) is 12.6. The lowest BCUT2D eigenvalue weighted by molar-refractivity contribution is -0.117. The summed E-state index contributed by atoms with van der Waals surface area (Å²) in [6.45, 7) is 0. The number of aromatic nitrogens is 4. The Kier molecular flexibility index (Phi) is 5.17. The van der Waals surface area contributed by atoms with Crippen molar-refractivity contribution >= 4 is 12.0 Å². The maximum Gasteiger partial charge on any atom is 0.244 e. The number of benzene rings is 1. The van der Waals surface area contributed by atoms with Gasteiger partial charge in [0.15, 0.2) is 0 Å². The third-order valence-corrected chi connectivity index (χ3v) is 3.98. The summed E-state index contributed by atoms with van der Waals surface area (Å²) in [6, 6.07) is 7.19. The largest absolute Gasteiger partial charge is 0.497 e. The molecule has 0 aliphatic carbocycles. The number of ether oxygens (including phenoxy) is 1. The molecule has 7 heteroatoms. The van der Waals surface area contributed by atoms with Crippen LogP contribution in [0, 0.1) is 0 Å². The van der Waals surface area contributed by atoms with Gasteiger partial charge in [0.1, 0.15) is 17.6 Å². The van der Waals surface area contributed by atoms with Gasteiger partial charge < -0.3 is 14.6 Å².